The maximum Gasteiger partial charge on any atom is 0.253 e. The number of anilines is 2. The standard InChI is InChI=1S/C29H34ClN5O2S/c1-21-10-12-34(13-11-21)27-19-26(30)31-29(32-27)38-20-22-6-5-7-23(18-22)28(36)35-16-14-33(15-17-35)24-8-3-4-9-25(24)37-2/h3-9,18-19,21H,10-17,20H2,1-2H3. The molecule has 0 N–H and O–H groups in total. The lowest BCUT2D eigenvalue weighted by atomic mass is 9.99. The van der Waals surface area contributed by atoms with Crippen LogP contribution in [0.3, 0.4) is 0 Å². The van der Waals surface area contributed by atoms with E-state index in [2.05, 4.69) is 27.8 Å². The molecule has 0 unspecified atom stereocenters. The van der Waals surface area contributed by atoms with Gasteiger partial charge >= 0.3 is 0 Å². The lowest BCUT2D eigenvalue weighted by molar-refractivity contribution is 0.0746. The van der Waals surface area contributed by atoms with Crippen molar-refractivity contribution in [1.29, 1.82) is 0 Å². The molecule has 1 amide bonds. The van der Waals surface area contributed by atoms with Crippen molar-refractivity contribution in [3.05, 3.63) is 70.9 Å². The molecule has 7 nitrogen and oxygen atoms in total. The van der Waals surface area contributed by atoms with Gasteiger partial charge in [-0.15, -0.1) is 0 Å². The molecule has 1 aromatic heterocycles. The largest absolute Gasteiger partial charge is 0.495 e. The zero-order valence-corrected chi connectivity index (χ0v) is 23.5. The van der Waals surface area contributed by atoms with Crippen LogP contribution in [-0.2, 0) is 5.75 Å². The number of methoxy groups -OCH3 is 1. The average molecular weight is 552 g/mol. The van der Waals surface area contributed by atoms with Crippen LogP contribution in [0, 0.1) is 5.92 Å². The third-order valence-electron chi connectivity index (χ3n) is 7.30. The minimum absolute atomic E-state index is 0.0668. The molecule has 0 bridgehead atoms. The van der Waals surface area contributed by atoms with E-state index in [1.54, 1.807) is 18.9 Å². The van der Waals surface area contributed by atoms with Gasteiger partial charge in [0.15, 0.2) is 5.16 Å². The van der Waals surface area contributed by atoms with Gasteiger partial charge < -0.3 is 19.4 Å². The van der Waals surface area contributed by atoms with Crippen molar-refractivity contribution in [2.75, 3.05) is 56.2 Å². The van der Waals surface area contributed by atoms with Gasteiger partial charge in [0.05, 0.1) is 12.8 Å². The number of carbonyl (C=O) groups is 1. The van der Waals surface area contributed by atoms with Crippen LogP contribution < -0.4 is 14.5 Å². The minimum Gasteiger partial charge on any atom is -0.495 e. The number of piperidine rings is 1. The Kier molecular flexibility index (Phi) is 8.59. The van der Waals surface area contributed by atoms with Gasteiger partial charge in [0, 0.05) is 56.7 Å². The fourth-order valence-corrected chi connectivity index (χ4v) is 6.04. The summed E-state index contributed by atoms with van der Waals surface area (Å²) in [4.78, 5) is 29.0. The predicted octanol–water partition coefficient (Wildman–Crippen LogP) is 5.63. The smallest absolute Gasteiger partial charge is 0.253 e. The van der Waals surface area contributed by atoms with E-state index in [9.17, 15) is 4.79 Å². The van der Waals surface area contributed by atoms with Crippen LogP contribution in [0.25, 0.3) is 0 Å². The molecule has 5 rings (SSSR count). The van der Waals surface area contributed by atoms with E-state index >= 15 is 0 Å². The summed E-state index contributed by atoms with van der Waals surface area (Å²) in [6.45, 7) is 7.17. The number of carbonyl (C=O) groups excluding carboxylic acids is 1. The Morgan fingerprint density at radius 1 is 0.974 bits per heavy atom. The van der Waals surface area contributed by atoms with Crippen molar-refractivity contribution >= 4 is 40.8 Å². The highest BCUT2D eigenvalue weighted by molar-refractivity contribution is 7.98. The van der Waals surface area contributed by atoms with E-state index in [4.69, 9.17) is 21.3 Å². The van der Waals surface area contributed by atoms with E-state index in [1.807, 2.05) is 53.4 Å². The zero-order valence-electron chi connectivity index (χ0n) is 22.0. The summed E-state index contributed by atoms with van der Waals surface area (Å²) in [5.41, 5.74) is 2.84. The first-order chi connectivity index (χ1) is 18.5. The Bertz CT molecular complexity index is 1260. The molecule has 2 aliphatic heterocycles. The molecule has 2 fully saturated rings. The number of ether oxygens (including phenoxy) is 1. The highest BCUT2D eigenvalue weighted by Crippen LogP contribution is 2.30. The lowest BCUT2D eigenvalue weighted by Gasteiger charge is -2.36. The number of halogens is 1. The van der Waals surface area contributed by atoms with Gasteiger partial charge in [-0.3, -0.25) is 4.79 Å². The van der Waals surface area contributed by atoms with Crippen molar-refractivity contribution in [3.63, 3.8) is 0 Å². The van der Waals surface area contributed by atoms with Crippen LogP contribution in [0.1, 0.15) is 35.7 Å². The summed E-state index contributed by atoms with van der Waals surface area (Å²) >= 11 is 7.89. The lowest BCUT2D eigenvalue weighted by Crippen LogP contribution is -2.48. The van der Waals surface area contributed by atoms with Crippen LogP contribution >= 0.6 is 23.4 Å². The molecular weight excluding hydrogens is 518 g/mol. The van der Waals surface area contributed by atoms with Gasteiger partial charge in [-0.25, -0.2) is 9.97 Å². The van der Waals surface area contributed by atoms with E-state index in [0.29, 0.717) is 34.7 Å². The van der Waals surface area contributed by atoms with Crippen LogP contribution in [0.2, 0.25) is 5.15 Å². The Balaban J connectivity index is 1.19. The molecule has 0 aliphatic carbocycles. The number of piperazine rings is 1. The van der Waals surface area contributed by atoms with Crippen LogP contribution in [-0.4, -0.2) is 67.2 Å². The number of amides is 1. The molecule has 38 heavy (non-hydrogen) atoms. The molecule has 9 heteroatoms. The summed E-state index contributed by atoms with van der Waals surface area (Å²) < 4.78 is 5.52. The van der Waals surface area contributed by atoms with Gasteiger partial charge in [0.2, 0.25) is 0 Å². The number of para-hydroxylation sites is 2. The number of nitrogens with zero attached hydrogens (tertiary/aromatic N) is 5. The molecule has 2 aliphatic rings. The normalized spacial score (nSPS) is 16.6. The summed E-state index contributed by atoms with van der Waals surface area (Å²) in [5, 5.41) is 1.13. The Morgan fingerprint density at radius 3 is 2.50 bits per heavy atom. The number of aromatic nitrogens is 2. The second kappa shape index (κ2) is 12.3. The number of hydrogen-bond donors (Lipinski definition) is 0. The molecule has 3 aromatic rings. The molecule has 0 saturated carbocycles. The molecule has 200 valence electrons. The van der Waals surface area contributed by atoms with Crippen LogP contribution in [0.4, 0.5) is 11.5 Å². The predicted molar refractivity (Wildman–Crippen MR) is 155 cm³/mol. The quantitative estimate of drug-likeness (QED) is 0.214. The molecule has 0 spiro atoms. The second-order valence-corrected chi connectivity index (χ2v) is 11.3. The van der Waals surface area contributed by atoms with Crippen molar-refractivity contribution in [3.8, 4) is 5.75 Å². The number of thioether (sulfide) groups is 1. The molecule has 2 aromatic carbocycles. The Labute approximate surface area is 234 Å². The highest BCUT2D eigenvalue weighted by atomic mass is 35.5. The first-order valence-corrected chi connectivity index (χ1v) is 14.5. The monoisotopic (exact) mass is 551 g/mol. The van der Waals surface area contributed by atoms with E-state index in [-0.39, 0.29) is 5.91 Å². The number of benzene rings is 2. The maximum absolute atomic E-state index is 13.3. The van der Waals surface area contributed by atoms with Crippen LogP contribution in [0.15, 0.2) is 59.8 Å². The molecule has 0 atom stereocenters. The third kappa shape index (κ3) is 6.35. The fraction of sp³-hybridized carbons (Fsp3) is 0.414. The fourth-order valence-electron chi connectivity index (χ4n) is 5.02. The SMILES string of the molecule is COc1ccccc1N1CCN(C(=O)c2cccc(CSc3nc(Cl)cc(N4CCC(C)CC4)n3)c2)CC1. The van der Waals surface area contributed by atoms with Gasteiger partial charge in [0.25, 0.3) is 5.91 Å². The van der Waals surface area contributed by atoms with Gasteiger partial charge in [-0.05, 0) is 48.6 Å². The number of rotatable bonds is 7. The maximum atomic E-state index is 13.3. The molecule has 2 saturated heterocycles. The first-order valence-electron chi connectivity index (χ1n) is 13.2. The highest BCUT2D eigenvalue weighted by Gasteiger charge is 2.24. The van der Waals surface area contributed by atoms with E-state index in [1.165, 1.54) is 12.8 Å². The zero-order chi connectivity index (χ0) is 26.5. The summed E-state index contributed by atoms with van der Waals surface area (Å²) in [5.74, 6) is 3.25. The van der Waals surface area contributed by atoms with Gasteiger partial charge in [-0.2, -0.15) is 0 Å². The molecule has 0 radical (unpaired) electrons. The second-order valence-electron chi connectivity index (χ2n) is 9.94. The summed E-state index contributed by atoms with van der Waals surface area (Å²) in [6, 6.07) is 17.8. The topological polar surface area (TPSA) is 61.8 Å². The molecule has 3 heterocycles. The summed E-state index contributed by atoms with van der Waals surface area (Å²) in [6.07, 6.45) is 2.33. The third-order valence-corrected chi connectivity index (χ3v) is 8.42. The molecular formula is C29H34ClN5O2S. The van der Waals surface area contributed by atoms with E-state index in [0.717, 1.165) is 54.9 Å². The van der Waals surface area contributed by atoms with Crippen molar-refractivity contribution in [2.24, 2.45) is 5.92 Å². The van der Waals surface area contributed by atoms with Gasteiger partial charge in [0.1, 0.15) is 16.7 Å². The summed E-state index contributed by atoms with van der Waals surface area (Å²) in [7, 11) is 1.69. The van der Waals surface area contributed by atoms with Crippen molar-refractivity contribution in [1.82, 2.24) is 14.9 Å². The van der Waals surface area contributed by atoms with Gasteiger partial charge in [-0.1, -0.05) is 54.6 Å². The van der Waals surface area contributed by atoms with Crippen LogP contribution in [0.5, 0.6) is 5.75 Å². The first kappa shape index (κ1) is 26.6. The average Bonchev–Trinajstić information content (AvgIpc) is 2.96. The number of hydrogen-bond acceptors (Lipinski definition) is 7. The van der Waals surface area contributed by atoms with Crippen molar-refractivity contribution < 1.29 is 9.53 Å². The minimum atomic E-state index is 0.0668. The Hall–Kier alpha value is -2.97. The van der Waals surface area contributed by atoms with E-state index < -0.39 is 0 Å². The Morgan fingerprint density at radius 2 is 1.74 bits per heavy atom. The van der Waals surface area contributed by atoms with Crippen molar-refractivity contribution in [2.45, 2.75) is 30.7 Å².